The first-order valence-electron chi connectivity index (χ1n) is 15.4. The Morgan fingerprint density at radius 3 is 2.23 bits per heavy atom. The van der Waals surface area contributed by atoms with Gasteiger partial charge in [-0.05, 0) is 68.6 Å². The number of carbonyl (C=O) groups excluding carboxylic acids is 4. The first-order valence-corrected chi connectivity index (χ1v) is 16.9. The van der Waals surface area contributed by atoms with Crippen LogP contribution in [0.3, 0.4) is 0 Å². The van der Waals surface area contributed by atoms with Crippen molar-refractivity contribution in [2.45, 2.75) is 100 Å². The minimum atomic E-state index is -5.99. The van der Waals surface area contributed by atoms with Gasteiger partial charge < -0.3 is 18.9 Å². The van der Waals surface area contributed by atoms with Crippen LogP contribution >= 0.6 is 0 Å². The summed E-state index contributed by atoms with van der Waals surface area (Å²) in [7, 11) is -5.99. The lowest BCUT2D eigenvalue weighted by Crippen LogP contribution is -2.60. The van der Waals surface area contributed by atoms with E-state index in [-0.39, 0.29) is 5.92 Å². The number of hydrogen-bond donors (Lipinski definition) is 1. The smallest absolute Gasteiger partial charge is 0.400 e. The molecule has 7 unspecified atom stereocenters. The molecule has 0 amide bonds. The molecule has 7 rings (SSSR count). The van der Waals surface area contributed by atoms with Crippen molar-refractivity contribution in [3.05, 3.63) is 0 Å². The molecule has 1 N–H and O–H groups in total. The van der Waals surface area contributed by atoms with Gasteiger partial charge in [0, 0.05) is 18.3 Å². The van der Waals surface area contributed by atoms with Crippen molar-refractivity contribution in [2.75, 3.05) is 6.61 Å². The maximum atomic E-state index is 13.9. The van der Waals surface area contributed by atoms with E-state index in [1.807, 2.05) is 0 Å². The van der Waals surface area contributed by atoms with Crippen LogP contribution in [0.5, 0.6) is 0 Å². The average molecular weight is 651 g/mol. The fraction of sp³-hybridized carbons (Fsp3) is 0.862. The van der Waals surface area contributed by atoms with Gasteiger partial charge in [0.25, 0.3) is 0 Å². The largest absolute Gasteiger partial charge is 0.466 e. The van der Waals surface area contributed by atoms with Gasteiger partial charge in [0.1, 0.15) is 17.8 Å². The molecule has 6 saturated carbocycles. The van der Waals surface area contributed by atoms with E-state index in [4.69, 9.17) is 18.8 Å². The van der Waals surface area contributed by atoms with Crippen LogP contribution in [-0.2, 0) is 48.2 Å². The summed E-state index contributed by atoms with van der Waals surface area (Å²) >= 11 is 0. The minimum absolute atomic E-state index is 0.293. The molecule has 1 heterocycles. The van der Waals surface area contributed by atoms with E-state index >= 15 is 0 Å². The Hall–Kier alpha value is -2.42. The predicted molar refractivity (Wildman–Crippen MR) is 141 cm³/mol. The van der Waals surface area contributed by atoms with Gasteiger partial charge in [-0.15, -0.1) is 0 Å². The van der Waals surface area contributed by atoms with Crippen molar-refractivity contribution in [1.29, 1.82) is 0 Å². The van der Waals surface area contributed by atoms with Gasteiger partial charge in [-0.3, -0.25) is 23.7 Å². The quantitative estimate of drug-likeness (QED) is 0.187. The van der Waals surface area contributed by atoms with Gasteiger partial charge in [0.05, 0.1) is 31.3 Å². The third kappa shape index (κ3) is 5.09. The van der Waals surface area contributed by atoms with Gasteiger partial charge in [-0.2, -0.15) is 17.2 Å². The molecule has 0 aromatic heterocycles. The first kappa shape index (κ1) is 31.6. The van der Waals surface area contributed by atoms with E-state index in [0.717, 1.165) is 25.7 Å². The van der Waals surface area contributed by atoms with Crippen LogP contribution in [0.2, 0.25) is 0 Å². The van der Waals surface area contributed by atoms with Crippen molar-refractivity contribution >= 4 is 34.0 Å². The normalized spacial score (nSPS) is 40.5. The number of alkyl halides is 3. The van der Waals surface area contributed by atoms with Crippen molar-refractivity contribution in [1.82, 2.24) is 0 Å². The fourth-order valence-electron chi connectivity index (χ4n) is 9.62. The zero-order valence-electron chi connectivity index (χ0n) is 24.2. The lowest BCUT2D eigenvalue weighted by Gasteiger charge is -2.60. The maximum Gasteiger partial charge on any atom is 0.400 e. The van der Waals surface area contributed by atoms with Crippen molar-refractivity contribution in [3.63, 3.8) is 0 Å². The van der Waals surface area contributed by atoms with Gasteiger partial charge in [-0.25, -0.2) is 4.39 Å². The molecule has 0 spiro atoms. The highest BCUT2D eigenvalue weighted by Crippen LogP contribution is 2.63. The molecule has 0 radical (unpaired) electrons. The Balaban J connectivity index is 1.03. The molecule has 15 heteroatoms. The molecule has 11 nitrogen and oxygen atoms in total. The van der Waals surface area contributed by atoms with E-state index in [1.165, 1.54) is 6.42 Å². The molecule has 1 aliphatic heterocycles. The molecule has 7 fully saturated rings. The Morgan fingerprint density at radius 1 is 1.02 bits per heavy atom. The molecule has 7 aliphatic rings. The SMILES string of the molecule is CCC1(OC(=O)C2C3CC4C(OC(=O)C42)C3OC(=O)CCC(=O)OCCC(F)C(F)(F)S(=O)(=O)O)C2CC3CC(C2)CC1C3. The summed E-state index contributed by atoms with van der Waals surface area (Å²) in [6, 6.07) is 0. The van der Waals surface area contributed by atoms with Crippen LogP contribution in [-0.4, -0.2) is 72.7 Å². The third-order valence-corrected chi connectivity index (χ3v) is 12.3. The summed E-state index contributed by atoms with van der Waals surface area (Å²) in [6.07, 6.45) is -0.558. The second-order valence-corrected chi connectivity index (χ2v) is 15.0. The zero-order valence-corrected chi connectivity index (χ0v) is 25.0. The van der Waals surface area contributed by atoms with Crippen LogP contribution in [0.1, 0.15) is 71.1 Å². The highest BCUT2D eigenvalue weighted by atomic mass is 32.2. The maximum absolute atomic E-state index is 13.9. The van der Waals surface area contributed by atoms with E-state index in [9.17, 15) is 40.8 Å². The third-order valence-electron chi connectivity index (χ3n) is 11.3. The standard InChI is InChI=1S/C29H37F3O11S/c1-2-28(15-8-13-7-14(10-15)11-16(28)9-13)43-27(36)23-18-12-17-22(23)26(35)42-25(17)24(18)41-21(34)4-3-20(33)40-6-5-19(30)29(31,32)44(37,38)39/h13-19,22-25H,2-12H2,1H3,(H,37,38,39). The Kier molecular flexibility index (Phi) is 7.98. The molecule has 0 aromatic rings. The monoisotopic (exact) mass is 650 g/mol. The summed E-state index contributed by atoms with van der Waals surface area (Å²) in [5.41, 5.74) is -0.550. The van der Waals surface area contributed by atoms with Crippen molar-refractivity contribution in [3.8, 4) is 0 Å². The topological polar surface area (TPSA) is 160 Å². The first-order chi connectivity index (χ1) is 20.7. The lowest BCUT2D eigenvalue weighted by molar-refractivity contribution is -0.218. The molecular formula is C29H37F3O11S. The number of ether oxygens (including phenoxy) is 4. The van der Waals surface area contributed by atoms with Gasteiger partial charge in [0.2, 0.25) is 0 Å². The van der Waals surface area contributed by atoms with Crippen LogP contribution in [0.15, 0.2) is 0 Å². The number of esters is 4. The summed E-state index contributed by atoms with van der Waals surface area (Å²) in [6.45, 7) is 1.13. The van der Waals surface area contributed by atoms with E-state index in [2.05, 4.69) is 11.7 Å². The van der Waals surface area contributed by atoms with Crippen LogP contribution in [0.25, 0.3) is 0 Å². The summed E-state index contributed by atoms with van der Waals surface area (Å²) < 4.78 is 92.0. The van der Waals surface area contributed by atoms with Gasteiger partial charge >= 0.3 is 39.2 Å². The molecular weight excluding hydrogens is 613 g/mol. The van der Waals surface area contributed by atoms with Gasteiger partial charge in [0.15, 0.2) is 6.17 Å². The van der Waals surface area contributed by atoms with Crippen LogP contribution in [0, 0.1) is 47.3 Å². The van der Waals surface area contributed by atoms with Gasteiger partial charge in [-0.1, -0.05) is 6.92 Å². The molecule has 1 saturated heterocycles. The van der Waals surface area contributed by atoms with Crippen molar-refractivity contribution in [2.24, 2.45) is 47.3 Å². The zero-order chi connectivity index (χ0) is 31.8. The number of hydrogen-bond acceptors (Lipinski definition) is 10. The summed E-state index contributed by atoms with van der Waals surface area (Å²) in [4.78, 5) is 51.4. The molecule has 0 aromatic carbocycles. The second-order valence-electron chi connectivity index (χ2n) is 13.5. The number of fused-ring (bicyclic) bond motifs is 1. The van der Waals surface area contributed by atoms with Crippen LogP contribution < -0.4 is 0 Å². The number of rotatable bonds is 12. The molecule has 246 valence electrons. The molecule has 6 bridgehead atoms. The summed E-state index contributed by atoms with van der Waals surface area (Å²) in [5.74, 6) is -3.09. The van der Waals surface area contributed by atoms with Crippen molar-refractivity contribution < 1.29 is 64.3 Å². The van der Waals surface area contributed by atoms with E-state index in [1.54, 1.807) is 0 Å². The summed E-state index contributed by atoms with van der Waals surface area (Å²) in [5, 5.41) is -5.07. The minimum Gasteiger partial charge on any atom is -0.466 e. The molecule has 6 aliphatic carbocycles. The Morgan fingerprint density at radius 2 is 1.64 bits per heavy atom. The molecule has 7 atom stereocenters. The fourth-order valence-corrected chi connectivity index (χ4v) is 10.1. The molecule has 44 heavy (non-hydrogen) atoms. The highest BCUT2D eigenvalue weighted by Gasteiger charge is 2.71. The van der Waals surface area contributed by atoms with E-state index < -0.39 is 107 Å². The Labute approximate surface area is 252 Å². The predicted octanol–water partition coefficient (Wildman–Crippen LogP) is 3.39. The second kappa shape index (κ2) is 11.1. The number of halogens is 3. The van der Waals surface area contributed by atoms with E-state index in [0.29, 0.717) is 36.5 Å². The lowest BCUT2D eigenvalue weighted by atomic mass is 9.49. The average Bonchev–Trinajstić information content (AvgIpc) is 3.57. The highest BCUT2D eigenvalue weighted by molar-refractivity contribution is 7.86. The van der Waals surface area contributed by atoms with Crippen LogP contribution in [0.4, 0.5) is 13.2 Å². The number of carbonyl (C=O) groups is 4. The Bertz CT molecular complexity index is 1290.